The number of halogens is 3. The van der Waals surface area contributed by atoms with Gasteiger partial charge in [0.15, 0.2) is 11.5 Å². The first-order valence-corrected chi connectivity index (χ1v) is 9.04. The highest BCUT2D eigenvalue weighted by molar-refractivity contribution is 7.89. The van der Waals surface area contributed by atoms with Crippen LogP contribution < -0.4 is 14.2 Å². The van der Waals surface area contributed by atoms with Crippen LogP contribution in [-0.4, -0.2) is 40.4 Å². The van der Waals surface area contributed by atoms with E-state index in [0.717, 1.165) is 10.4 Å². The van der Waals surface area contributed by atoms with E-state index in [4.69, 9.17) is 9.47 Å². The quantitative estimate of drug-likeness (QED) is 0.706. The maximum Gasteiger partial charge on any atom is 0.573 e. The van der Waals surface area contributed by atoms with Crippen LogP contribution in [0.2, 0.25) is 0 Å². The van der Waals surface area contributed by atoms with Crippen LogP contribution in [0.5, 0.6) is 17.2 Å². The maximum atomic E-state index is 12.8. The van der Waals surface area contributed by atoms with Crippen molar-refractivity contribution in [3.8, 4) is 17.2 Å². The second-order valence-electron chi connectivity index (χ2n) is 5.43. The highest BCUT2D eigenvalue weighted by atomic mass is 32.2. The van der Waals surface area contributed by atoms with Crippen LogP contribution in [0, 0.1) is 0 Å². The Bertz CT molecular complexity index is 900. The average molecular weight is 405 g/mol. The first-order chi connectivity index (χ1) is 12.6. The van der Waals surface area contributed by atoms with Crippen LogP contribution in [0.3, 0.4) is 0 Å². The number of methoxy groups -OCH3 is 2. The summed E-state index contributed by atoms with van der Waals surface area (Å²) in [4.78, 5) is -0.0862. The summed E-state index contributed by atoms with van der Waals surface area (Å²) in [6, 6.07) is 9.39. The van der Waals surface area contributed by atoms with E-state index in [1.54, 1.807) is 0 Å². The molecule has 0 N–H and O–H groups in total. The van der Waals surface area contributed by atoms with E-state index in [1.165, 1.54) is 57.7 Å². The molecule has 0 aliphatic heterocycles. The minimum atomic E-state index is -4.88. The number of para-hydroxylation sites is 1. The van der Waals surface area contributed by atoms with Gasteiger partial charge in [0.05, 0.1) is 19.1 Å². The number of ether oxygens (including phenoxy) is 3. The first-order valence-electron chi connectivity index (χ1n) is 7.60. The van der Waals surface area contributed by atoms with Crippen molar-refractivity contribution in [1.82, 2.24) is 4.31 Å². The van der Waals surface area contributed by atoms with E-state index in [9.17, 15) is 21.6 Å². The molecule has 0 unspecified atom stereocenters. The summed E-state index contributed by atoms with van der Waals surface area (Å²) >= 11 is 0. The van der Waals surface area contributed by atoms with Crippen molar-refractivity contribution in [3.63, 3.8) is 0 Å². The van der Waals surface area contributed by atoms with Crippen molar-refractivity contribution in [2.75, 3.05) is 21.3 Å². The van der Waals surface area contributed by atoms with Gasteiger partial charge in [-0.3, -0.25) is 0 Å². The van der Waals surface area contributed by atoms with Crippen molar-refractivity contribution in [1.29, 1.82) is 0 Å². The van der Waals surface area contributed by atoms with Gasteiger partial charge in [-0.25, -0.2) is 8.42 Å². The molecular formula is C17H18F3NO5S. The zero-order valence-corrected chi connectivity index (χ0v) is 15.6. The summed E-state index contributed by atoms with van der Waals surface area (Å²) in [5, 5.41) is 0. The molecule has 0 aliphatic carbocycles. The van der Waals surface area contributed by atoms with E-state index in [1.807, 2.05) is 0 Å². The molecule has 2 aromatic rings. The van der Waals surface area contributed by atoms with Crippen LogP contribution in [-0.2, 0) is 16.6 Å². The Morgan fingerprint density at radius 2 is 1.59 bits per heavy atom. The van der Waals surface area contributed by atoms with Gasteiger partial charge in [0.2, 0.25) is 10.0 Å². The Labute approximate surface area is 155 Å². The van der Waals surface area contributed by atoms with Gasteiger partial charge < -0.3 is 14.2 Å². The number of sulfonamides is 1. The summed E-state index contributed by atoms with van der Waals surface area (Å²) in [5.41, 5.74) is 0.0707. The standard InChI is InChI=1S/C17H18F3NO5S/c1-21(11-12-6-4-5-7-14(12)26-17(18,19)20)27(22,23)13-8-9-15(24-2)16(10-13)25-3/h4-10H,11H2,1-3H3. The molecule has 6 nitrogen and oxygen atoms in total. The zero-order chi connectivity index (χ0) is 20.2. The number of nitrogens with zero attached hydrogens (tertiary/aromatic N) is 1. The average Bonchev–Trinajstić information content (AvgIpc) is 2.61. The summed E-state index contributed by atoms with van der Waals surface area (Å²) in [5.74, 6) is 0.107. The topological polar surface area (TPSA) is 65.1 Å². The molecule has 2 aromatic carbocycles. The fourth-order valence-corrected chi connectivity index (χ4v) is 3.51. The summed E-state index contributed by atoms with van der Waals surface area (Å²) in [7, 11) is 0.0423. The minimum Gasteiger partial charge on any atom is -0.493 e. The molecule has 0 aromatic heterocycles. The predicted molar refractivity (Wildman–Crippen MR) is 91.3 cm³/mol. The molecule has 27 heavy (non-hydrogen) atoms. The van der Waals surface area contributed by atoms with Gasteiger partial charge >= 0.3 is 6.36 Å². The van der Waals surface area contributed by atoms with Gasteiger partial charge in [0.1, 0.15) is 5.75 Å². The Kier molecular flexibility index (Phi) is 6.22. The lowest BCUT2D eigenvalue weighted by Crippen LogP contribution is -2.27. The van der Waals surface area contributed by atoms with E-state index in [2.05, 4.69) is 4.74 Å². The highest BCUT2D eigenvalue weighted by Gasteiger charge is 2.32. The van der Waals surface area contributed by atoms with E-state index < -0.39 is 22.1 Å². The highest BCUT2D eigenvalue weighted by Crippen LogP contribution is 2.32. The van der Waals surface area contributed by atoms with Crippen molar-refractivity contribution >= 4 is 10.0 Å². The number of hydrogen-bond acceptors (Lipinski definition) is 5. The van der Waals surface area contributed by atoms with Gasteiger partial charge in [0.25, 0.3) is 0 Å². The Balaban J connectivity index is 2.31. The second-order valence-corrected chi connectivity index (χ2v) is 7.48. The van der Waals surface area contributed by atoms with Crippen molar-refractivity contribution in [2.24, 2.45) is 0 Å². The molecule has 0 saturated carbocycles. The van der Waals surface area contributed by atoms with Crippen LogP contribution in [0.25, 0.3) is 0 Å². The third kappa shape index (κ3) is 5.04. The molecule has 2 rings (SSSR count). The monoisotopic (exact) mass is 405 g/mol. The van der Waals surface area contributed by atoms with E-state index in [0.29, 0.717) is 5.75 Å². The largest absolute Gasteiger partial charge is 0.573 e. The smallest absolute Gasteiger partial charge is 0.493 e. The third-order valence-electron chi connectivity index (χ3n) is 3.65. The molecule has 0 fully saturated rings. The maximum absolute atomic E-state index is 12.8. The fraction of sp³-hybridized carbons (Fsp3) is 0.294. The number of rotatable bonds is 7. The van der Waals surface area contributed by atoms with Gasteiger partial charge in [-0.1, -0.05) is 18.2 Å². The SMILES string of the molecule is COc1ccc(S(=O)(=O)N(C)Cc2ccccc2OC(F)(F)F)cc1OC. The second kappa shape index (κ2) is 8.05. The molecule has 0 radical (unpaired) electrons. The van der Waals surface area contributed by atoms with Crippen LogP contribution in [0.15, 0.2) is 47.4 Å². The molecule has 0 atom stereocenters. The number of benzene rings is 2. The fourth-order valence-electron chi connectivity index (χ4n) is 2.34. The summed E-state index contributed by atoms with van der Waals surface area (Å²) in [6.45, 7) is -0.317. The normalized spacial score (nSPS) is 12.1. The van der Waals surface area contributed by atoms with Crippen molar-refractivity contribution in [2.45, 2.75) is 17.8 Å². The summed E-state index contributed by atoms with van der Waals surface area (Å²) < 4.78 is 78.2. The predicted octanol–water partition coefficient (Wildman–Crippen LogP) is 3.42. The lowest BCUT2D eigenvalue weighted by atomic mass is 10.2. The third-order valence-corrected chi connectivity index (χ3v) is 5.45. The molecule has 0 amide bonds. The molecule has 0 spiro atoms. The van der Waals surface area contributed by atoms with E-state index >= 15 is 0 Å². The number of alkyl halides is 3. The molecule has 0 bridgehead atoms. The van der Waals surface area contributed by atoms with Gasteiger partial charge in [-0.15, -0.1) is 13.2 Å². The number of hydrogen-bond donors (Lipinski definition) is 0. The summed E-state index contributed by atoms with van der Waals surface area (Å²) in [6.07, 6.45) is -4.88. The van der Waals surface area contributed by atoms with Crippen LogP contribution in [0.4, 0.5) is 13.2 Å². The minimum absolute atomic E-state index is 0.0707. The molecule has 0 aliphatic rings. The Morgan fingerprint density at radius 1 is 0.963 bits per heavy atom. The lowest BCUT2D eigenvalue weighted by Gasteiger charge is -2.20. The van der Waals surface area contributed by atoms with Gasteiger partial charge in [-0.05, 0) is 18.2 Å². The molecule has 0 saturated heterocycles. The Morgan fingerprint density at radius 3 is 2.19 bits per heavy atom. The zero-order valence-electron chi connectivity index (χ0n) is 14.8. The van der Waals surface area contributed by atoms with Crippen molar-refractivity contribution in [3.05, 3.63) is 48.0 Å². The lowest BCUT2D eigenvalue weighted by molar-refractivity contribution is -0.274. The van der Waals surface area contributed by atoms with Crippen molar-refractivity contribution < 1.29 is 35.8 Å². The Hall–Kier alpha value is -2.46. The molecular weight excluding hydrogens is 387 g/mol. The van der Waals surface area contributed by atoms with Crippen LogP contribution in [0.1, 0.15) is 5.56 Å². The van der Waals surface area contributed by atoms with Gasteiger partial charge in [0, 0.05) is 25.2 Å². The van der Waals surface area contributed by atoms with Gasteiger partial charge in [-0.2, -0.15) is 4.31 Å². The van der Waals surface area contributed by atoms with E-state index in [-0.39, 0.29) is 22.8 Å². The molecule has 148 valence electrons. The molecule has 0 heterocycles. The molecule has 10 heteroatoms. The first kappa shape index (κ1) is 20.8. The van der Waals surface area contributed by atoms with Crippen LogP contribution >= 0.6 is 0 Å².